The van der Waals surface area contributed by atoms with Crippen molar-refractivity contribution in [2.24, 2.45) is 4.40 Å². The van der Waals surface area contributed by atoms with Crippen LogP contribution in [0.3, 0.4) is 0 Å². The molecule has 0 aliphatic carbocycles. The van der Waals surface area contributed by atoms with E-state index in [9.17, 15) is 4.21 Å². The van der Waals surface area contributed by atoms with Crippen molar-refractivity contribution >= 4 is 44.0 Å². The second-order valence-electron chi connectivity index (χ2n) is 3.52. The molecular weight excluding hydrogens is 308 g/mol. The summed E-state index contributed by atoms with van der Waals surface area (Å²) in [5, 5.41) is 1.01. The number of fused-ring (bicyclic) bond motifs is 1. The summed E-state index contributed by atoms with van der Waals surface area (Å²) in [6.45, 7) is 0. The van der Waals surface area contributed by atoms with Crippen molar-refractivity contribution in [3.8, 4) is 0 Å². The van der Waals surface area contributed by atoms with Crippen LogP contribution < -0.4 is 5.48 Å². The smallest absolute Gasteiger partial charge is 0.309 e. The normalized spacial score (nSPS) is 19.4. The summed E-state index contributed by atoms with van der Waals surface area (Å²) in [4.78, 5) is 0. The largest absolute Gasteiger partial charge is 0.464 e. The number of amidine groups is 1. The molecule has 5 nitrogen and oxygen atoms in total. The van der Waals surface area contributed by atoms with Crippen LogP contribution in [0.15, 0.2) is 37.7 Å². The lowest BCUT2D eigenvalue weighted by Crippen LogP contribution is -2.18. The van der Waals surface area contributed by atoms with Crippen LogP contribution in [0.2, 0.25) is 0 Å². The van der Waals surface area contributed by atoms with Gasteiger partial charge in [-0.2, -0.15) is 4.28 Å². The molecule has 2 aromatic rings. The summed E-state index contributed by atoms with van der Waals surface area (Å²) in [7, 11) is 0. The average Bonchev–Trinajstić information content (AvgIpc) is 2.86. The zero-order valence-corrected chi connectivity index (χ0v) is 10.9. The Balaban J connectivity index is 1.96. The summed E-state index contributed by atoms with van der Waals surface area (Å²) in [6.07, 6.45) is 2.17. The molecule has 0 bridgehead atoms. The molecule has 0 fully saturated rings. The van der Waals surface area contributed by atoms with E-state index in [-0.39, 0.29) is 0 Å². The highest BCUT2D eigenvalue weighted by Crippen LogP contribution is 2.25. The fourth-order valence-electron chi connectivity index (χ4n) is 1.65. The van der Waals surface area contributed by atoms with Gasteiger partial charge in [0.1, 0.15) is 11.4 Å². The number of furan rings is 1. The van der Waals surface area contributed by atoms with Crippen LogP contribution in [-0.4, -0.2) is 10.0 Å². The monoisotopic (exact) mass is 314 g/mol. The Kier molecular flexibility index (Phi) is 2.73. The van der Waals surface area contributed by atoms with E-state index in [1.54, 1.807) is 6.26 Å². The number of nitrogens with zero attached hydrogens (tertiary/aromatic N) is 1. The maximum atomic E-state index is 10.9. The Morgan fingerprint density at radius 1 is 1.47 bits per heavy atom. The van der Waals surface area contributed by atoms with Gasteiger partial charge < -0.3 is 4.42 Å². The van der Waals surface area contributed by atoms with Crippen LogP contribution in [0.4, 0.5) is 0 Å². The lowest BCUT2D eigenvalue weighted by atomic mass is 10.1. The third kappa shape index (κ3) is 2.13. The molecule has 1 aromatic carbocycles. The summed E-state index contributed by atoms with van der Waals surface area (Å²) in [5.41, 5.74) is 4.29. The molecule has 7 heteroatoms. The number of hydrogen-bond acceptors (Lipinski definition) is 4. The van der Waals surface area contributed by atoms with E-state index >= 15 is 0 Å². The van der Waals surface area contributed by atoms with Crippen molar-refractivity contribution in [1.29, 1.82) is 0 Å². The molecule has 0 saturated carbocycles. The van der Waals surface area contributed by atoms with Gasteiger partial charge >= 0.3 is 11.3 Å². The van der Waals surface area contributed by atoms with E-state index in [0.717, 1.165) is 21.0 Å². The number of nitrogens with one attached hydrogen (secondary N) is 1. The molecule has 1 N–H and O–H groups in total. The minimum absolute atomic E-state index is 0.500. The van der Waals surface area contributed by atoms with Crippen molar-refractivity contribution in [1.82, 2.24) is 5.48 Å². The first kappa shape index (κ1) is 10.9. The number of rotatable bonds is 2. The number of hydrogen-bond donors (Lipinski definition) is 1. The van der Waals surface area contributed by atoms with E-state index in [4.69, 9.17) is 4.42 Å². The second-order valence-corrected chi connectivity index (χ2v) is 5.22. The van der Waals surface area contributed by atoms with Crippen molar-refractivity contribution < 1.29 is 12.9 Å². The molecule has 1 atom stereocenters. The van der Waals surface area contributed by atoms with Gasteiger partial charge in [-0.15, -0.1) is 4.40 Å². The van der Waals surface area contributed by atoms with Crippen LogP contribution in [0.5, 0.6) is 0 Å². The van der Waals surface area contributed by atoms with Gasteiger partial charge in [0, 0.05) is 21.8 Å². The third-order valence-electron chi connectivity index (χ3n) is 2.39. The molecule has 0 amide bonds. The third-order valence-corrected chi connectivity index (χ3v) is 3.48. The minimum atomic E-state index is -1.61. The van der Waals surface area contributed by atoms with Gasteiger partial charge in [0.2, 0.25) is 0 Å². The van der Waals surface area contributed by atoms with Gasteiger partial charge in [0.25, 0.3) is 0 Å². The number of benzene rings is 1. The van der Waals surface area contributed by atoms with Gasteiger partial charge in [0.05, 0.1) is 6.26 Å². The second kappa shape index (κ2) is 4.25. The molecule has 3 rings (SSSR count). The quantitative estimate of drug-likeness (QED) is 0.923. The standard InChI is InChI=1S/C10H7BrN2O3S/c11-7-1-2-8-6(5-15-9(8)4-7)3-10-12-16-17(14)13-10/h1-2,4-5H,3H2,(H,12,13). The predicted octanol–water partition coefficient (Wildman–Crippen LogP) is 2.25. The van der Waals surface area contributed by atoms with Crippen LogP contribution in [0.25, 0.3) is 11.0 Å². The Hall–Kier alpha value is -1.18. The van der Waals surface area contributed by atoms with Crippen LogP contribution >= 0.6 is 15.9 Å². The zero-order chi connectivity index (χ0) is 11.8. The van der Waals surface area contributed by atoms with E-state index < -0.39 is 11.3 Å². The van der Waals surface area contributed by atoms with Crippen molar-refractivity contribution in [3.63, 3.8) is 0 Å². The van der Waals surface area contributed by atoms with Crippen LogP contribution in [-0.2, 0) is 22.0 Å². The van der Waals surface area contributed by atoms with E-state index in [0.29, 0.717) is 12.3 Å². The van der Waals surface area contributed by atoms with Gasteiger partial charge in [-0.05, 0) is 18.2 Å². The molecule has 17 heavy (non-hydrogen) atoms. The Morgan fingerprint density at radius 3 is 3.12 bits per heavy atom. The molecule has 0 spiro atoms. The Bertz CT molecular complexity index is 638. The summed E-state index contributed by atoms with van der Waals surface area (Å²) >= 11 is 1.77. The molecule has 2 heterocycles. The fourth-order valence-corrected chi connectivity index (χ4v) is 2.48. The molecule has 88 valence electrons. The first-order chi connectivity index (χ1) is 8.22. The summed E-state index contributed by atoms with van der Waals surface area (Å²) < 4.78 is 25.7. The maximum Gasteiger partial charge on any atom is 0.309 e. The highest BCUT2D eigenvalue weighted by Gasteiger charge is 2.16. The van der Waals surface area contributed by atoms with Gasteiger partial charge in [0.15, 0.2) is 0 Å². The first-order valence-electron chi connectivity index (χ1n) is 4.81. The molecule has 1 aromatic heterocycles. The first-order valence-corrected chi connectivity index (χ1v) is 6.63. The average molecular weight is 315 g/mol. The van der Waals surface area contributed by atoms with Crippen molar-refractivity contribution in [2.45, 2.75) is 6.42 Å². The van der Waals surface area contributed by atoms with E-state index in [2.05, 4.69) is 30.1 Å². The summed E-state index contributed by atoms with van der Waals surface area (Å²) in [5.74, 6) is 0.536. The Labute approximate surface area is 108 Å². The zero-order valence-electron chi connectivity index (χ0n) is 8.47. The Morgan fingerprint density at radius 2 is 2.35 bits per heavy atom. The number of hydroxylamine groups is 1. The SMILES string of the molecule is O=S1N=C(Cc2coc3cc(Br)ccc23)NO1. The highest BCUT2D eigenvalue weighted by atomic mass is 79.9. The molecule has 1 unspecified atom stereocenters. The van der Waals surface area contributed by atoms with Gasteiger partial charge in [-0.3, -0.25) is 0 Å². The van der Waals surface area contributed by atoms with Crippen LogP contribution in [0.1, 0.15) is 5.56 Å². The lowest BCUT2D eigenvalue weighted by Gasteiger charge is -1.97. The summed E-state index contributed by atoms with van der Waals surface area (Å²) in [6, 6.07) is 5.81. The van der Waals surface area contributed by atoms with Gasteiger partial charge in [-0.1, -0.05) is 15.9 Å². The molecular formula is C10H7BrN2O3S. The molecule has 1 aliphatic heterocycles. The highest BCUT2D eigenvalue weighted by molar-refractivity contribution is 9.10. The van der Waals surface area contributed by atoms with Gasteiger partial charge in [-0.25, -0.2) is 9.69 Å². The van der Waals surface area contributed by atoms with Crippen molar-refractivity contribution in [3.05, 3.63) is 34.5 Å². The minimum Gasteiger partial charge on any atom is -0.464 e. The topological polar surface area (TPSA) is 63.8 Å². The van der Waals surface area contributed by atoms with E-state index in [1.165, 1.54) is 0 Å². The molecule has 0 radical (unpaired) electrons. The molecule has 0 saturated heterocycles. The fraction of sp³-hybridized carbons (Fsp3) is 0.100. The number of halogens is 1. The lowest BCUT2D eigenvalue weighted by molar-refractivity contribution is 0.303. The van der Waals surface area contributed by atoms with Crippen molar-refractivity contribution in [2.75, 3.05) is 0 Å². The molecule has 1 aliphatic rings. The predicted molar refractivity (Wildman–Crippen MR) is 67.4 cm³/mol. The van der Waals surface area contributed by atoms with E-state index in [1.807, 2.05) is 18.2 Å². The van der Waals surface area contributed by atoms with Crippen LogP contribution in [0, 0.1) is 0 Å². The maximum absolute atomic E-state index is 10.9.